The van der Waals surface area contributed by atoms with Gasteiger partial charge in [-0.05, 0) is 18.2 Å². The first-order valence-corrected chi connectivity index (χ1v) is 5.64. The molecule has 0 saturated heterocycles. The zero-order chi connectivity index (χ0) is 12.4. The molecule has 0 radical (unpaired) electrons. The van der Waals surface area contributed by atoms with Crippen LogP contribution in [0.1, 0.15) is 0 Å². The number of benzene rings is 1. The summed E-state index contributed by atoms with van der Waals surface area (Å²) in [5, 5.41) is 10.9. The van der Waals surface area contributed by atoms with E-state index in [1.54, 1.807) is 7.05 Å². The molecule has 1 aromatic carbocycles. The van der Waals surface area contributed by atoms with E-state index in [2.05, 4.69) is 20.5 Å². The van der Waals surface area contributed by atoms with Crippen molar-refractivity contribution in [2.45, 2.75) is 0 Å². The van der Waals surface area contributed by atoms with Crippen LogP contribution >= 0.6 is 0 Å². The molecule has 2 heterocycles. The molecule has 1 aliphatic heterocycles. The number of aromatic nitrogens is 3. The summed E-state index contributed by atoms with van der Waals surface area (Å²) in [7, 11) is 1.80. The minimum atomic E-state index is 0.564. The largest absolute Gasteiger partial charge is 0.486 e. The van der Waals surface area contributed by atoms with Crippen LogP contribution in [0.15, 0.2) is 24.5 Å². The highest BCUT2D eigenvalue weighted by atomic mass is 16.6. The molecule has 18 heavy (non-hydrogen) atoms. The highest BCUT2D eigenvalue weighted by molar-refractivity contribution is 5.72. The fourth-order valence-electron chi connectivity index (χ4n) is 1.84. The molecule has 3 rings (SSSR count). The Morgan fingerprint density at radius 3 is 2.83 bits per heavy atom. The molecule has 1 N–H and O–H groups in total. The Hall–Kier alpha value is -2.37. The number of fused-ring (bicyclic) bond motifs is 1. The zero-order valence-electron chi connectivity index (χ0n) is 9.88. The number of anilines is 1. The van der Waals surface area contributed by atoms with Crippen LogP contribution < -0.4 is 14.8 Å². The van der Waals surface area contributed by atoms with E-state index >= 15 is 0 Å². The van der Waals surface area contributed by atoms with Gasteiger partial charge in [-0.15, -0.1) is 10.2 Å². The lowest BCUT2D eigenvalue weighted by Crippen LogP contribution is -2.15. The number of rotatable bonds is 2. The lowest BCUT2D eigenvalue weighted by Gasteiger charge is -2.18. The highest BCUT2D eigenvalue weighted by Gasteiger charge is 2.15. The van der Waals surface area contributed by atoms with Crippen LogP contribution in [0.2, 0.25) is 0 Å². The van der Waals surface area contributed by atoms with Gasteiger partial charge in [0.15, 0.2) is 17.3 Å². The topological polar surface area (TPSA) is 69.2 Å². The standard InChI is InChI=1S/C12H12N4O2/c1-13-12-11(16-15-7-14-12)8-2-3-9-10(6-8)18-5-4-17-9/h2-3,6-7H,4-5H2,1H3,(H,13,14,15). The second-order valence-electron chi connectivity index (χ2n) is 3.77. The Kier molecular flexibility index (Phi) is 2.68. The van der Waals surface area contributed by atoms with E-state index in [9.17, 15) is 0 Å². The monoisotopic (exact) mass is 244 g/mol. The first kappa shape index (κ1) is 10.8. The molecule has 1 aliphatic rings. The predicted octanol–water partition coefficient (Wildman–Crippen LogP) is 1.35. The van der Waals surface area contributed by atoms with E-state index in [1.807, 2.05) is 18.2 Å². The molecule has 0 saturated carbocycles. The third-order valence-corrected chi connectivity index (χ3v) is 2.67. The van der Waals surface area contributed by atoms with Gasteiger partial charge in [-0.2, -0.15) is 0 Å². The van der Waals surface area contributed by atoms with Crippen LogP contribution in [0.4, 0.5) is 5.82 Å². The summed E-state index contributed by atoms with van der Waals surface area (Å²) in [6.07, 6.45) is 1.41. The van der Waals surface area contributed by atoms with Gasteiger partial charge in [0.1, 0.15) is 25.2 Å². The summed E-state index contributed by atoms with van der Waals surface area (Å²) in [5.74, 6) is 2.17. The Labute approximate surface area is 104 Å². The fourth-order valence-corrected chi connectivity index (χ4v) is 1.84. The summed E-state index contributed by atoms with van der Waals surface area (Å²) >= 11 is 0. The first-order chi connectivity index (χ1) is 8.88. The van der Waals surface area contributed by atoms with Crippen LogP contribution in [0.3, 0.4) is 0 Å². The Morgan fingerprint density at radius 1 is 1.17 bits per heavy atom. The van der Waals surface area contributed by atoms with Crippen molar-refractivity contribution in [2.75, 3.05) is 25.6 Å². The molecule has 0 spiro atoms. The Morgan fingerprint density at radius 2 is 2.00 bits per heavy atom. The average molecular weight is 244 g/mol. The molecule has 2 aromatic rings. The van der Waals surface area contributed by atoms with Gasteiger partial charge >= 0.3 is 0 Å². The van der Waals surface area contributed by atoms with Crippen molar-refractivity contribution >= 4 is 5.82 Å². The van der Waals surface area contributed by atoms with Gasteiger partial charge in [-0.25, -0.2) is 4.98 Å². The Balaban J connectivity index is 2.06. The third-order valence-electron chi connectivity index (χ3n) is 2.67. The van der Waals surface area contributed by atoms with Crippen molar-refractivity contribution in [1.82, 2.24) is 15.2 Å². The van der Waals surface area contributed by atoms with E-state index < -0.39 is 0 Å². The van der Waals surface area contributed by atoms with Gasteiger partial charge in [0.25, 0.3) is 0 Å². The molecule has 6 nitrogen and oxygen atoms in total. The second kappa shape index (κ2) is 4.48. The summed E-state index contributed by atoms with van der Waals surface area (Å²) in [6, 6.07) is 5.68. The normalized spacial score (nSPS) is 13.2. The maximum absolute atomic E-state index is 5.55. The third kappa shape index (κ3) is 1.81. The van der Waals surface area contributed by atoms with Crippen molar-refractivity contribution in [3.63, 3.8) is 0 Å². The molecule has 0 bridgehead atoms. The van der Waals surface area contributed by atoms with E-state index in [0.29, 0.717) is 24.7 Å². The van der Waals surface area contributed by atoms with E-state index in [1.165, 1.54) is 6.33 Å². The lowest BCUT2D eigenvalue weighted by atomic mass is 10.1. The molecule has 0 fully saturated rings. The summed E-state index contributed by atoms with van der Waals surface area (Å²) in [5.41, 5.74) is 1.58. The first-order valence-electron chi connectivity index (χ1n) is 5.64. The van der Waals surface area contributed by atoms with Crippen molar-refractivity contribution in [3.05, 3.63) is 24.5 Å². The van der Waals surface area contributed by atoms with E-state index in [4.69, 9.17) is 9.47 Å². The van der Waals surface area contributed by atoms with Crippen molar-refractivity contribution in [2.24, 2.45) is 0 Å². The van der Waals surface area contributed by atoms with Crippen LogP contribution in [-0.2, 0) is 0 Å². The fraction of sp³-hybridized carbons (Fsp3) is 0.250. The summed E-state index contributed by atoms with van der Waals surface area (Å²) < 4.78 is 11.0. The number of nitrogens with one attached hydrogen (secondary N) is 1. The van der Waals surface area contributed by atoms with Crippen molar-refractivity contribution in [3.8, 4) is 22.8 Å². The summed E-state index contributed by atoms with van der Waals surface area (Å²) in [4.78, 5) is 4.13. The molecular weight excluding hydrogens is 232 g/mol. The maximum Gasteiger partial charge on any atom is 0.162 e. The van der Waals surface area contributed by atoms with Crippen LogP contribution in [0, 0.1) is 0 Å². The highest BCUT2D eigenvalue weighted by Crippen LogP contribution is 2.35. The van der Waals surface area contributed by atoms with Crippen LogP contribution in [0.25, 0.3) is 11.3 Å². The van der Waals surface area contributed by atoms with Crippen molar-refractivity contribution < 1.29 is 9.47 Å². The molecule has 6 heteroatoms. The molecule has 1 aromatic heterocycles. The van der Waals surface area contributed by atoms with Gasteiger partial charge in [-0.1, -0.05) is 0 Å². The minimum absolute atomic E-state index is 0.564. The molecule has 0 amide bonds. The van der Waals surface area contributed by atoms with Crippen LogP contribution in [0.5, 0.6) is 11.5 Å². The quantitative estimate of drug-likeness (QED) is 0.860. The molecule has 0 unspecified atom stereocenters. The second-order valence-corrected chi connectivity index (χ2v) is 3.77. The molecule has 0 atom stereocenters. The predicted molar refractivity (Wildman–Crippen MR) is 65.8 cm³/mol. The lowest BCUT2D eigenvalue weighted by molar-refractivity contribution is 0.171. The van der Waals surface area contributed by atoms with Gasteiger partial charge in [0, 0.05) is 12.6 Å². The SMILES string of the molecule is CNc1ncnnc1-c1ccc2c(c1)OCCO2. The number of ether oxygens (including phenoxy) is 2. The smallest absolute Gasteiger partial charge is 0.162 e. The van der Waals surface area contributed by atoms with E-state index in [0.717, 1.165) is 17.1 Å². The van der Waals surface area contributed by atoms with E-state index in [-0.39, 0.29) is 0 Å². The van der Waals surface area contributed by atoms with Gasteiger partial charge in [0.2, 0.25) is 0 Å². The number of hydrogen-bond acceptors (Lipinski definition) is 6. The number of nitrogens with zero attached hydrogens (tertiary/aromatic N) is 3. The molecule has 0 aliphatic carbocycles. The maximum atomic E-state index is 5.55. The van der Waals surface area contributed by atoms with Gasteiger partial charge in [-0.3, -0.25) is 0 Å². The minimum Gasteiger partial charge on any atom is -0.486 e. The van der Waals surface area contributed by atoms with Gasteiger partial charge in [0.05, 0.1) is 0 Å². The van der Waals surface area contributed by atoms with Crippen LogP contribution in [-0.4, -0.2) is 35.4 Å². The average Bonchev–Trinajstić information content (AvgIpc) is 2.46. The number of hydrogen-bond donors (Lipinski definition) is 1. The zero-order valence-corrected chi connectivity index (χ0v) is 9.88. The Bertz CT molecular complexity index is 574. The molecule has 92 valence electrons. The molecular formula is C12H12N4O2. The van der Waals surface area contributed by atoms with Crippen molar-refractivity contribution in [1.29, 1.82) is 0 Å². The van der Waals surface area contributed by atoms with Gasteiger partial charge < -0.3 is 14.8 Å². The summed E-state index contributed by atoms with van der Waals surface area (Å²) in [6.45, 7) is 1.15.